The van der Waals surface area contributed by atoms with Crippen LogP contribution in [0.3, 0.4) is 0 Å². The number of carbonyl (C=O) groups is 1. The third kappa shape index (κ3) is 4.77. The lowest BCUT2D eigenvalue weighted by Crippen LogP contribution is -2.30. The highest BCUT2D eigenvalue weighted by Crippen LogP contribution is 2.10. The lowest BCUT2D eigenvalue weighted by Gasteiger charge is -2.18. The zero-order valence-electron chi connectivity index (χ0n) is 13.6. The lowest BCUT2D eigenvalue weighted by atomic mass is 10.1. The summed E-state index contributed by atoms with van der Waals surface area (Å²) in [7, 11) is 0. The normalized spacial score (nSPS) is 10.4. The number of halogens is 1. The molecule has 23 heavy (non-hydrogen) atoms. The van der Waals surface area contributed by atoms with E-state index in [0.717, 1.165) is 12.0 Å². The first-order valence-electron chi connectivity index (χ1n) is 7.87. The van der Waals surface area contributed by atoms with Gasteiger partial charge in [0, 0.05) is 31.4 Å². The maximum atomic E-state index is 12.9. The van der Waals surface area contributed by atoms with Gasteiger partial charge < -0.3 is 10.2 Å². The standard InChI is InChI=1S/C18H22FN3O/c1-3-22(4-2)18(23)15-10-12-21-17(13-15)20-11-9-14-5-7-16(19)8-6-14/h5-8,10,12-13H,3-4,9,11H2,1-2H3,(H,20,21). The number of carbonyl (C=O) groups excluding carboxylic acids is 1. The molecule has 0 saturated carbocycles. The Kier molecular flexibility index (Phi) is 6.09. The third-order valence-electron chi connectivity index (χ3n) is 3.69. The van der Waals surface area contributed by atoms with Crippen LogP contribution in [0.5, 0.6) is 0 Å². The molecule has 1 heterocycles. The number of rotatable bonds is 7. The van der Waals surface area contributed by atoms with Gasteiger partial charge in [0.2, 0.25) is 0 Å². The zero-order chi connectivity index (χ0) is 16.7. The number of anilines is 1. The summed E-state index contributed by atoms with van der Waals surface area (Å²) in [5.41, 5.74) is 1.68. The van der Waals surface area contributed by atoms with E-state index in [-0.39, 0.29) is 11.7 Å². The topological polar surface area (TPSA) is 45.2 Å². The van der Waals surface area contributed by atoms with Crippen molar-refractivity contribution in [1.82, 2.24) is 9.88 Å². The minimum Gasteiger partial charge on any atom is -0.370 e. The quantitative estimate of drug-likeness (QED) is 0.852. The molecular formula is C18H22FN3O. The second-order valence-electron chi connectivity index (χ2n) is 5.21. The number of nitrogens with zero attached hydrogens (tertiary/aromatic N) is 2. The van der Waals surface area contributed by atoms with Crippen LogP contribution < -0.4 is 5.32 Å². The molecule has 0 aliphatic rings. The molecule has 0 unspecified atom stereocenters. The molecule has 1 N–H and O–H groups in total. The maximum Gasteiger partial charge on any atom is 0.254 e. The number of pyridine rings is 1. The van der Waals surface area contributed by atoms with E-state index in [4.69, 9.17) is 0 Å². The van der Waals surface area contributed by atoms with Gasteiger partial charge in [0.25, 0.3) is 5.91 Å². The van der Waals surface area contributed by atoms with Crippen molar-refractivity contribution in [3.05, 3.63) is 59.5 Å². The van der Waals surface area contributed by atoms with E-state index in [0.29, 0.717) is 31.0 Å². The summed E-state index contributed by atoms with van der Waals surface area (Å²) in [6.45, 7) is 5.96. The van der Waals surface area contributed by atoms with Gasteiger partial charge >= 0.3 is 0 Å². The highest BCUT2D eigenvalue weighted by atomic mass is 19.1. The highest BCUT2D eigenvalue weighted by Gasteiger charge is 2.12. The average Bonchev–Trinajstić information content (AvgIpc) is 2.58. The molecule has 1 aromatic carbocycles. The Morgan fingerprint density at radius 3 is 2.52 bits per heavy atom. The molecule has 2 aromatic rings. The molecule has 0 spiro atoms. The molecule has 122 valence electrons. The van der Waals surface area contributed by atoms with E-state index in [1.807, 2.05) is 13.8 Å². The fraction of sp³-hybridized carbons (Fsp3) is 0.333. The van der Waals surface area contributed by atoms with Gasteiger partial charge in [0.1, 0.15) is 11.6 Å². The smallest absolute Gasteiger partial charge is 0.254 e. The first-order valence-corrected chi connectivity index (χ1v) is 7.87. The van der Waals surface area contributed by atoms with Gasteiger partial charge in [-0.25, -0.2) is 9.37 Å². The fourth-order valence-corrected chi connectivity index (χ4v) is 2.34. The summed E-state index contributed by atoms with van der Waals surface area (Å²) < 4.78 is 12.9. The van der Waals surface area contributed by atoms with Crippen molar-refractivity contribution in [2.75, 3.05) is 25.0 Å². The van der Waals surface area contributed by atoms with Gasteiger partial charge in [-0.05, 0) is 50.1 Å². The molecule has 0 radical (unpaired) electrons. The Morgan fingerprint density at radius 1 is 1.17 bits per heavy atom. The molecule has 0 aliphatic heterocycles. The SMILES string of the molecule is CCN(CC)C(=O)c1ccnc(NCCc2ccc(F)cc2)c1. The molecule has 0 aliphatic carbocycles. The third-order valence-corrected chi connectivity index (χ3v) is 3.69. The first kappa shape index (κ1) is 16.9. The summed E-state index contributed by atoms with van der Waals surface area (Å²) in [6.07, 6.45) is 2.40. The first-order chi connectivity index (χ1) is 11.1. The van der Waals surface area contributed by atoms with Crippen molar-refractivity contribution < 1.29 is 9.18 Å². The van der Waals surface area contributed by atoms with Crippen LogP contribution in [-0.2, 0) is 6.42 Å². The molecule has 0 bridgehead atoms. The van der Waals surface area contributed by atoms with Gasteiger partial charge in [-0.1, -0.05) is 12.1 Å². The highest BCUT2D eigenvalue weighted by molar-refractivity contribution is 5.94. The predicted octanol–water partition coefficient (Wildman–Crippen LogP) is 3.36. The molecule has 0 fully saturated rings. The molecule has 2 rings (SSSR count). The summed E-state index contributed by atoms with van der Waals surface area (Å²) in [4.78, 5) is 18.3. The van der Waals surface area contributed by atoms with Crippen LogP contribution in [0.25, 0.3) is 0 Å². The fourth-order valence-electron chi connectivity index (χ4n) is 2.34. The van der Waals surface area contributed by atoms with Crippen molar-refractivity contribution in [3.63, 3.8) is 0 Å². The van der Waals surface area contributed by atoms with Gasteiger partial charge in [-0.15, -0.1) is 0 Å². The zero-order valence-corrected chi connectivity index (χ0v) is 13.6. The number of benzene rings is 1. The summed E-state index contributed by atoms with van der Waals surface area (Å²) in [5.74, 6) is 0.454. The van der Waals surface area contributed by atoms with Crippen molar-refractivity contribution in [2.45, 2.75) is 20.3 Å². The van der Waals surface area contributed by atoms with Crippen LogP contribution in [0.1, 0.15) is 29.8 Å². The Hall–Kier alpha value is -2.43. The van der Waals surface area contributed by atoms with E-state index in [9.17, 15) is 9.18 Å². The molecule has 0 saturated heterocycles. The van der Waals surface area contributed by atoms with Crippen LogP contribution in [0.15, 0.2) is 42.6 Å². The van der Waals surface area contributed by atoms with Gasteiger partial charge in [-0.3, -0.25) is 4.79 Å². The number of hydrogen-bond donors (Lipinski definition) is 1. The second-order valence-corrected chi connectivity index (χ2v) is 5.21. The van der Waals surface area contributed by atoms with E-state index in [2.05, 4.69) is 10.3 Å². The summed E-state index contributed by atoms with van der Waals surface area (Å²) in [6, 6.07) is 9.95. The average molecular weight is 315 g/mol. The molecule has 5 heteroatoms. The van der Waals surface area contributed by atoms with Crippen molar-refractivity contribution in [2.24, 2.45) is 0 Å². The van der Waals surface area contributed by atoms with Crippen LogP contribution in [0, 0.1) is 5.82 Å². The number of hydrogen-bond acceptors (Lipinski definition) is 3. The van der Waals surface area contributed by atoms with Crippen LogP contribution in [-0.4, -0.2) is 35.4 Å². The largest absolute Gasteiger partial charge is 0.370 e. The lowest BCUT2D eigenvalue weighted by molar-refractivity contribution is 0.0773. The van der Waals surface area contributed by atoms with E-state index in [1.54, 1.807) is 35.4 Å². The van der Waals surface area contributed by atoms with Gasteiger partial charge in [-0.2, -0.15) is 0 Å². The van der Waals surface area contributed by atoms with Crippen LogP contribution >= 0.6 is 0 Å². The number of nitrogens with one attached hydrogen (secondary N) is 1. The minimum absolute atomic E-state index is 0.0129. The van der Waals surface area contributed by atoms with Gasteiger partial charge in [0.15, 0.2) is 0 Å². The number of amides is 1. The molecule has 4 nitrogen and oxygen atoms in total. The number of aromatic nitrogens is 1. The summed E-state index contributed by atoms with van der Waals surface area (Å²) >= 11 is 0. The minimum atomic E-state index is -0.231. The Labute approximate surface area is 136 Å². The van der Waals surface area contributed by atoms with Gasteiger partial charge in [0.05, 0.1) is 0 Å². The molecule has 1 amide bonds. The maximum absolute atomic E-state index is 12.9. The van der Waals surface area contributed by atoms with Crippen molar-refractivity contribution >= 4 is 11.7 Å². The Morgan fingerprint density at radius 2 is 1.87 bits per heavy atom. The summed E-state index contributed by atoms with van der Waals surface area (Å²) in [5, 5.41) is 3.20. The predicted molar refractivity (Wildman–Crippen MR) is 90.1 cm³/mol. The molecular weight excluding hydrogens is 293 g/mol. The van der Waals surface area contributed by atoms with Crippen molar-refractivity contribution in [1.29, 1.82) is 0 Å². The second kappa shape index (κ2) is 8.27. The molecule has 0 atom stereocenters. The van der Waals surface area contributed by atoms with E-state index in [1.165, 1.54) is 12.1 Å². The monoisotopic (exact) mass is 315 g/mol. The van der Waals surface area contributed by atoms with E-state index < -0.39 is 0 Å². The Bertz CT molecular complexity index is 639. The van der Waals surface area contributed by atoms with Crippen molar-refractivity contribution in [3.8, 4) is 0 Å². The Balaban J connectivity index is 1.94. The van der Waals surface area contributed by atoms with Crippen LogP contribution in [0.2, 0.25) is 0 Å². The van der Waals surface area contributed by atoms with Crippen LogP contribution in [0.4, 0.5) is 10.2 Å². The van der Waals surface area contributed by atoms with E-state index >= 15 is 0 Å². The molecule has 1 aromatic heterocycles.